The number of aromatic nitrogens is 2. The average molecular weight is 230 g/mol. The molecule has 0 aliphatic carbocycles. The van der Waals surface area contributed by atoms with E-state index in [1.807, 2.05) is 36.5 Å². The Morgan fingerprint density at radius 2 is 1.80 bits per heavy atom. The molecule has 15 heavy (non-hydrogen) atoms. The summed E-state index contributed by atoms with van der Waals surface area (Å²) in [4.78, 5) is 7.17. The third-order valence-electron chi connectivity index (χ3n) is 1.55. The summed E-state index contributed by atoms with van der Waals surface area (Å²) in [6, 6.07) is 10.0. The molecule has 80 valence electrons. The molecule has 0 saturated carbocycles. The monoisotopic (exact) mass is 230 g/mol. The summed E-state index contributed by atoms with van der Waals surface area (Å²) in [6.45, 7) is 0. The lowest BCUT2D eigenvalue weighted by Crippen LogP contribution is -1.77. The Bertz CT molecular complexity index is 401. The maximum absolute atomic E-state index is 9.81. The van der Waals surface area contributed by atoms with E-state index in [2.05, 4.69) is 9.97 Å². The summed E-state index contributed by atoms with van der Waals surface area (Å²) in [5, 5.41) is 0. The number of halogens is 2. The largest absolute Gasteiger partial charge is 0.385 e. The Kier molecular flexibility index (Phi) is 4.62. The number of rotatable bonds is 1. The van der Waals surface area contributed by atoms with Crippen molar-refractivity contribution in [3.63, 3.8) is 0 Å². The molecule has 3 nitrogen and oxygen atoms in total. The number of benzene rings is 1. The van der Waals surface area contributed by atoms with Gasteiger partial charge in [-0.25, -0.2) is 4.98 Å². The summed E-state index contributed by atoms with van der Waals surface area (Å²) in [6.07, 6.45) is 3.57. The third-order valence-corrected chi connectivity index (χ3v) is 1.55. The quantitative estimate of drug-likeness (QED) is 0.765. The Hall–Kier alpha value is -1.56. The van der Waals surface area contributed by atoms with Crippen LogP contribution in [0, 0.1) is 0 Å². The minimum atomic E-state index is -3.61. The number of aromatic amines is 1. The van der Waals surface area contributed by atoms with E-state index in [9.17, 15) is 7.77 Å². The molecule has 2 aromatic rings. The van der Waals surface area contributed by atoms with Crippen molar-refractivity contribution in [2.24, 2.45) is 0 Å². The van der Waals surface area contributed by atoms with Gasteiger partial charge >= 0.3 is 11.6 Å². The predicted octanol–water partition coefficient (Wildman–Crippen LogP) is 2.58. The highest BCUT2D eigenvalue weighted by molar-refractivity contribution is 7.74. The zero-order chi connectivity index (χ0) is 11.1. The van der Waals surface area contributed by atoms with Crippen molar-refractivity contribution < 1.29 is 12.0 Å². The first-order valence-corrected chi connectivity index (χ1v) is 4.94. The van der Waals surface area contributed by atoms with Gasteiger partial charge in [0, 0.05) is 18.0 Å². The van der Waals surface area contributed by atoms with Crippen molar-refractivity contribution >= 4 is 11.6 Å². The molecule has 0 amide bonds. The lowest BCUT2D eigenvalue weighted by Gasteiger charge is -1.92. The number of H-pyrrole nitrogens is 1. The highest BCUT2D eigenvalue weighted by Gasteiger charge is 1.94. The van der Waals surface area contributed by atoms with Crippen LogP contribution in [0.4, 0.5) is 7.77 Å². The van der Waals surface area contributed by atoms with Gasteiger partial charge < -0.3 is 4.98 Å². The van der Waals surface area contributed by atoms with Gasteiger partial charge in [-0.1, -0.05) is 38.1 Å². The second kappa shape index (κ2) is 6.02. The Morgan fingerprint density at radius 1 is 1.20 bits per heavy atom. The van der Waals surface area contributed by atoms with Crippen LogP contribution in [0.15, 0.2) is 42.7 Å². The molecule has 0 spiro atoms. The van der Waals surface area contributed by atoms with Crippen LogP contribution in [0.3, 0.4) is 0 Å². The molecule has 2 rings (SSSR count). The van der Waals surface area contributed by atoms with Crippen molar-refractivity contribution in [3.05, 3.63) is 42.7 Å². The highest BCUT2D eigenvalue weighted by atomic mass is 32.2. The van der Waals surface area contributed by atoms with Gasteiger partial charge in [-0.3, -0.25) is 0 Å². The van der Waals surface area contributed by atoms with E-state index >= 15 is 0 Å². The molecule has 1 N–H and O–H groups in total. The van der Waals surface area contributed by atoms with E-state index in [-0.39, 0.29) is 0 Å². The fourth-order valence-corrected chi connectivity index (χ4v) is 1.02. The van der Waals surface area contributed by atoms with Crippen LogP contribution in [0.5, 0.6) is 0 Å². The van der Waals surface area contributed by atoms with Crippen LogP contribution in [-0.4, -0.2) is 14.2 Å². The third kappa shape index (κ3) is 4.46. The standard InChI is InChI=1S/C9H8N2.F2OS/c1-2-4-8(5-3-1)9-10-6-7-11-9;1-4(2)3/h1-7H,(H,10,11);. The molecular weight excluding hydrogens is 222 g/mol. The van der Waals surface area contributed by atoms with Crippen LogP contribution in [-0.2, 0) is 11.6 Å². The SMILES string of the molecule is O=S(F)F.c1ccc(-c2ncc[nH]2)cc1. The maximum Gasteiger partial charge on any atom is 0.385 e. The first-order valence-electron chi connectivity index (χ1n) is 3.99. The van der Waals surface area contributed by atoms with Gasteiger partial charge in [0.05, 0.1) is 0 Å². The molecule has 0 atom stereocenters. The summed E-state index contributed by atoms with van der Waals surface area (Å²) in [5.41, 5.74) is 1.12. The van der Waals surface area contributed by atoms with E-state index < -0.39 is 11.6 Å². The second-order valence-electron chi connectivity index (χ2n) is 2.49. The fraction of sp³-hybridized carbons (Fsp3) is 0. The molecule has 0 saturated heterocycles. The fourth-order valence-electron chi connectivity index (χ4n) is 1.02. The number of hydrogen-bond acceptors (Lipinski definition) is 2. The number of nitrogens with zero attached hydrogens (tertiary/aromatic N) is 1. The lowest BCUT2D eigenvalue weighted by molar-refractivity contribution is 0.602. The van der Waals surface area contributed by atoms with Crippen LogP contribution < -0.4 is 0 Å². The number of imidazole rings is 1. The summed E-state index contributed by atoms with van der Waals surface area (Å²) in [7, 11) is 0. The first kappa shape index (κ1) is 11.5. The molecule has 0 aliphatic heterocycles. The van der Waals surface area contributed by atoms with Gasteiger partial charge in [0.25, 0.3) is 0 Å². The summed E-state index contributed by atoms with van der Waals surface area (Å²) < 4.78 is 27.8. The molecule has 1 heterocycles. The first-order chi connectivity index (χ1) is 7.20. The zero-order valence-electron chi connectivity index (χ0n) is 7.56. The van der Waals surface area contributed by atoms with Gasteiger partial charge in [0.15, 0.2) is 0 Å². The molecule has 6 heteroatoms. The molecule has 0 aliphatic rings. The predicted molar refractivity (Wildman–Crippen MR) is 54.4 cm³/mol. The van der Waals surface area contributed by atoms with Crippen molar-refractivity contribution in [3.8, 4) is 11.4 Å². The minimum Gasteiger partial charge on any atom is -0.345 e. The van der Waals surface area contributed by atoms with E-state index in [1.54, 1.807) is 6.20 Å². The number of nitrogens with one attached hydrogen (secondary N) is 1. The Balaban J connectivity index is 0.000000245. The average Bonchev–Trinajstić information content (AvgIpc) is 2.71. The molecule has 1 aromatic heterocycles. The molecule has 0 bridgehead atoms. The van der Waals surface area contributed by atoms with Crippen molar-refractivity contribution in [2.75, 3.05) is 0 Å². The minimum absolute atomic E-state index is 0.922. The zero-order valence-corrected chi connectivity index (χ0v) is 8.38. The second-order valence-corrected chi connectivity index (χ2v) is 2.86. The van der Waals surface area contributed by atoms with Crippen LogP contribution in [0.25, 0.3) is 11.4 Å². The van der Waals surface area contributed by atoms with Crippen LogP contribution in [0.2, 0.25) is 0 Å². The Morgan fingerprint density at radius 3 is 2.27 bits per heavy atom. The maximum atomic E-state index is 9.81. The summed E-state index contributed by atoms with van der Waals surface area (Å²) in [5.74, 6) is 0.922. The Labute approximate surface area is 88.2 Å². The topological polar surface area (TPSA) is 45.8 Å². The summed E-state index contributed by atoms with van der Waals surface area (Å²) >= 11 is -3.61. The van der Waals surface area contributed by atoms with Crippen LogP contribution in [0.1, 0.15) is 0 Å². The molecule has 1 aromatic carbocycles. The molecule has 0 unspecified atom stereocenters. The molecule has 0 radical (unpaired) electrons. The van der Waals surface area contributed by atoms with E-state index in [0.29, 0.717) is 0 Å². The smallest absolute Gasteiger partial charge is 0.345 e. The van der Waals surface area contributed by atoms with Gasteiger partial charge in [0.1, 0.15) is 5.82 Å². The lowest BCUT2D eigenvalue weighted by atomic mass is 10.2. The van der Waals surface area contributed by atoms with Gasteiger partial charge in [-0.05, 0) is 0 Å². The van der Waals surface area contributed by atoms with Gasteiger partial charge in [0.2, 0.25) is 0 Å². The highest BCUT2D eigenvalue weighted by Crippen LogP contribution is 2.11. The van der Waals surface area contributed by atoms with Crippen molar-refractivity contribution in [1.29, 1.82) is 0 Å². The van der Waals surface area contributed by atoms with Gasteiger partial charge in [-0.2, -0.15) is 4.21 Å². The van der Waals surface area contributed by atoms with Crippen molar-refractivity contribution in [1.82, 2.24) is 9.97 Å². The molecular formula is C9H8F2N2OS. The molecule has 0 fully saturated rings. The van der Waals surface area contributed by atoms with Gasteiger partial charge in [-0.15, -0.1) is 0 Å². The van der Waals surface area contributed by atoms with E-state index in [4.69, 9.17) is 4.21 Å². The van der Waals surface area contributed by atoms with Crippen LogP contribution >= 0.6 is 0 Å². The van der Waals surface area contributed by atoms with E-state index in [1.165, 1.54) is 0 Å². The van der Waals surface area contributed by atoms with Crippen molar-refractivity contribution in [2.45, 2.75) is 0 Å². The normalized spacial score (nSPS) is 9.53. The van der Waals surface area contributed by atoms with E-state index in [0.717, 1.165) is 11.4 Å². The number of hydrogen-bond donors (Lipinski definition) is 1.